The first kappa shape index (κ1) is 21.8. The minimum absolute atomic E-state index is 0.0482. The number of aliphatic hydroxyl groups excluding tert-OH is 1. The summed E-state index contributed by atoms with van der Waals surface area (Å²) in [6.07, 6.45) is 1.73. The lowest BCUT2D eigenvalue weighted by atomic mass is 10.1. The molecule has 0 radical (unpaired) electrons. The fraction of sp³-hybridized carbons (Fsp3) is 0.526. The van der Waals surface area contributed by atoms with E-state index >= 15 is 0 Å². The van der Waals surface area contributed by atoms with Crippen LogP contribution in [0.5, 0.6) is 11.5 Å². The molecule has 158 valence electrons. The van der Waals surface area contributed by atoms with E-state index in [0.717, 1.165) is 35.5 Å². The number of Topliss-reactive ketones (excluding diaryl/α,β-unsaturated/α-hetero) is 1. The van der Waals surface area contributed by atoms with Crippen LogP contribution in [0.2, 0.25) is 0 Å². The summed E-state index contributed by atoms with van der Waals surface area (Å²) in [6, 6.07) is 4.98. The quantitative estimate of drug-likeness (QED) is 0.404. The van der Waals surface area contributed by atoms with Gasteiger partial charge in [-0.1, -0.05) is 23.1 Å². The average Bonchev–Trinajstić information content (AvgIpc) is 3.40. The fourth-order valence-corrected chi connectivity index (χ4v) is 4.44. The van der Waals surface area contributed by atoms with E-state index in [9.17, 15) is 9.90 Å². The molecule has 1 fully saturated rings. The molecule has 0 bridgehead atoms. The number of nitrogens with one attached hydrogen (secondary N) is 1. The smallest absolute Gasteiger partial charge is 0.206 e. The minimum atomic E-state index is -0.690. The number of ketones is 1. The third kappa shape index (κ3) is 6.56. The Balaban J connectivity index is 1.42. The summed E-state index contributed by atoms with van der Waals surface area (Å²) < 4.78 is 17.3. The lowest BCUT2D eigenvalue weighted by molar-refractivity contribution is 0.101. The molecule has 2 N–H and O–H groups in total. The number of anilines is 1. The van der Waals surface area contributed by atoms with Crippen molar-refractivity contribution in [1.82, 2.24) is 10.2 Å². The maximum Gasteiger partial charge on any atom is 0.206 e. The van der Waals surface area contributed by atoms with Crippen molar-refractivity contribution in [2.45, 2.75) is 36.3 Å². The van der Waals surface area contributed by atoms with Crippen LogP contribution in [0, 0.1) is 0 Å². The lowest BCUT2D eigenvalue weighted by Crippen LogP contribution is -2.20. The zero-order valence-corrected chi connectivity index (χ0v) is 18.1. The SMILES string of the molecule is COc1cc(C(C)=O)ccc1OCC(O)CSc1nnc(NCC2CCCO2)s1. The molecule has 1 aromatic carbocycles. The van der Waals surface area contributed by atoms with Gasteiger partial charge in [-0.05, 0) is 38.0 Å². The Morgan fingerprint density at radius 1 is 1.45 bits per heavy atom. The summed E-state index contributed by atoms with van der Waals surface area (Å²) in [5.41, 5.74) is 0.547. The molecule has 0 saturated carbocycles. The Morgan fingerprint density at radius 2 is 2.31 bits per heavy atom. The van der Waals surface area contributed by atoms with Crippen molar-refractivity contribution >= 4 is 34.0 Å². The first-order chi connectivity index (χ1) is 14.0. The van der Waals surface area contributed by atoms with Crippen LogP contribution in [-0.4, -0.2) is 65.9 Å². The molecule has 2 atom stereocenters. The lowest BCUT2D eigenvalue weighted by Gasteiger charge is -2.14. The van der Waals surface area contributed by atoms with Crippen LogP contribution in [0.3, 0.4) is 0 Å². The minimum Gasteiger partial charge on any atom is -0.493 e. The van der Waals surface area contributed by atoms with Crippen molar-refractivity contribution in [1.29, 1.82) is 0 Å². The van der Waals surface area contributed by atoms with Gasteiger partial charge in [0.15, 0.2) is 21.6 Å². The molecule has 1 aliphatic rings. The topological polar surface area (TPSA) is 103 Å². The molecule has 29 heavy (non-hydrogen) atoms. The molecule has 10 heteroatoms. The van der Waals surface area contributed by atoms with Gasteiger partial charge in [-0.25, -0.2) is 0 Å². The van der Waals surface area contributed by atoms with Gasteiger partial charge < -0.3 is 24.6 Å². The highest BCUT2D eigenvalue weighted by Gasteiger charge is 2.16. The molecule has 2 aromatic rings. The van der Waals surface area contributed by atoms with Gasteiger partial charge in [0.05, 0.1) is 19.3 Å². The number of carbonyl (C=O) groups is 1. The number of ether oxygens (including phenoxy) is 3. The predicted octanol–water partition coefficient (Wildman–Crippen LogP) is 2.87. The van der Waals surface area contributed by atoms with Crippen molar-refractivity contribution < 1.29 is 24.1 Å². The van der Waals surface area contributed by atoms with Gasteiger partial charge in [0.2, 0.25) is 5.13 Å². The van der Waals surface area contributed by atoms with Crippen LogP contribution in [0.15, 0.2) is 22.5 Å². The Labute approximate surface area is 178 Å². The van der Waals surface area contributed by atoms with E-state index in [2.05, 4.69) is 15.5 Å². The number of hydrogen-bond acceptors (Lipinski definition) is 10. The molecule has 2 heterocycles. The van der Waals surface area contributed by atoms with Crippen LogP contribution in [-0.2, 0) is 4.74 Å². The Hall–Kier alpha value is -1.88. The van der Waals surface area contributed by atoms with E-state index in [1.54, 1.807) is 18.2 Å². The van der Waals surface area contributed by atoms with E-state index in [4.69, 9.17) is 14.2 Å². The largest absolute Gasteiger partial charge is 0.493 e. The van der Waals surface area contributed by atoms with Crippen LogP contribution in [0.4, 0.5) is 5.13 Å². The van der Waals surface area contributed by atoms with Crippen LogP contribution >= 0.6 is 23.1 Å². The standard InChI is InChI=1S/C19H25N3O5S2/c1-12(23)13-5-6-16(17(8-13)25-2)27-10-14(24)11-28-19-22-21-18(29-19)20-9-15-4-3-7-26-15/h5-6,8,14-15,24H,3-4,7,9-11H2,1-2H3,(H,20,21). The summed E-state index contributed by atoms with van der Waals surface area (Å²) in [7, 11) is 1.51. The maximum absolute atomic E-state index is 11.5. The van der Waals surface area contributed by atoms with Gasteiger partial charge in [0.25, 0.3) is 0 Å². The van der Waals surface area contributed by atoms with Gasteiger partial charge in [0, 0.05) is 24.5 Å². The molecule has 0 spiro atoms. The van der Waals surface area contributed by atoms with Gasteiger partial charge in [-0.15, -0.1) is 10.2 Å². The molecule has 1 aliphatic heterocycles. The highest BCUT2D eigenvalue weighted by atomic mass is 32.2. The molecule has 2 unspecified atom stereocenters. The monoisotopic (exact) mass is 439 g/mol. The van der Waals surface area contributed by atoms with Gasteiger partial charge >= 0.3 is 0 Å². The molecule has 0 aliphatic carbocycles. The summed E-state index contributed by atoms with van der Waals surface area (Å²) >= 11 is 2.88. The number of methoxy groups -OCH3 is 1. The second kappa shape index (κ2) is 10.8. The number of nitrogens with zero attached hydrogens (tertiary/aromatic N) is 2. The van der Waals surface area contributed by atoms with E-state index in [1.165, 1.54) is 37.1 Å². The zero-order valence-electron chi connectivity index (χ0n) is 16.4. The van der Waals surface area contributed by atoms with Crippen molar-refractivity contribution in [3.8, 4) is 11.5 Å². The van der Waals surface area contributed by atoms with Crippen LogP contribution < -0.4 is 14.8 Å². The molecule has 1 saturated heterocycles. The van der Waals surface area contributed by atoms with Crippen molar-refractivity contribution in [3.05, 3.63) is 23.8 Å². The number of thioether (sulfide) groups is 1. The highest BCUT2D eigenvalue weighted by Crippen LogP contribution is 2.29. The first-order valence-corrected chi connectivity index (χ1v) is 11.2. The second-order valence-electron chi connectivity index (χ2n) is 6.59. The average molecular weight is 440 g/mol. The first-order valence-electron chi connectivity index (χ1n) is 9.36. The normalized spacial score (nSPS) is 17.1. The summed E-state index contributed by atoms with van der Waals surface area (Å²) in [4.78, 5) is 11.5. The second-order valence-corrected chi connectivity index (χ2v) is 8.83. The number of rotatable bonds is 11. The molecular weight excluding hydrogens is 414 g/mol. The summed E-state index contributed by atoms with van der Waals surface area (Å²) in [5, 5.41) is 22.5. The highest BCUT2D eigenvalue weighted by molar-refractivity contribution is 8.01. The number of benzene rings is 1. The Bertz CT molecular complexity index is 811. The van der Waals surface area contributed by atoms with Crippen molar-refractivity contribution in [2.24, 2.45) is 0 Å². The molecule has 8 nitrogen and oxygen atoms in total. The van der Waals surface area contributed by atoms with Gasteiger partial charge in [0.1, 0.15) is 6.61 Å². The number of hydrogen-bond donors (Lipinski definition) is 2. The number of aromatic nitrogens is 2. The van der Waals surface area contributed by atoms with E-state index in [1.807, 2.05) is 0 Å². The third-order valence-corrected chi connectivity index (χ3v) is 6.47. The summed E-state index contributed by atoms with van der Waals surface area (Å²) in [5.74, 6) is 1.32. The fourth-order valence-electron chi connectivity index (χ4n) is 2.75. The van der Waals surface area contributed by atoms with Crippen molar-refractivity contribution in [3.63, 3.8) is 0 Å². The maximum atomic E-state index is 11.5. The Morgan fingerprint density at radius 3 is 3.03 bits per heavy atom. The van der Waals surface area contributed by atoms with Gasteiger partial charge in [-0.3, -0.25) is 4.79 Å². The molecular formula is C19H25N3O5S2. The molecule has 0 amide bonds. The zero-order chi connectivity index (χ0) is 20.6. The van der Waals surface area contributed by atoms with Crippen LogP contribution in [0.25, 0.3) is 0 Å². The number of aliphatic hydroxyl groups is 1. The van der Waals surface area contributed by atoms with E-state index in [-0.39, 0.29) is 18.5 Å². The molecule has 3 rings (SSSR count). The van der Waals surface area contributed by atoms with Gasteiger partial charge in [-0.2, -0.15) is 0 Å². The number of carbonyl (C=O) groups excluding carboxylic acids is 1. The van der Waals surface area contributed by atoms with Crippen molar-refractivity contribution in [2.75, 3.05) is 37.9 Å². The third-order valence-electron chi connectivity index (χ3n) is 4.31. The molecule has 1 aromatic heterocycles. The van der Waals surface area contributed by atoms with Crippen LogP contribution in [0.1, 0.15) is 30.1 Å². The summed E-state index contributed by atoms with van der Waals surface area (Å²) in [6.45, 7) is 3.16. The Kier molecular flexibility index (Phi) is 8.10. The van der Waals surface area contributed by atoms with E-state index < -0.39 is 6.10 Å². The predicted molar refractivity (Wildman–Crippen MR) is 113 cm³/mol. The van der Waals surface area contributed by atoms with E-state index in [0.29, 0.717) is 22.8 Å².